The third-order valence-corrected chi connectivity index (χ3v) is 4.79. The standard InChI is InChI=1S/C15H18N4OS/c1-10-7-8-12(9-16-10)13(20)17-15-19-18-14(21-15)11-5-3-2-4-6-11/h7-9,11H,2-6H2,1H3,(H,17,19,20). The predicted molar refractivity (Wildman–Crippen MR) is 82.7 cm³/mol. The first-order valence-electron chi connectivity index (χ1n) is 7.30. The van der Waals surface area contributed by atoms with E-state index in [2.05, 4.69) is 20.5 Å². The van der Waals surface area contributed by atoms with Gasteiger partial charge in [0.25, 0.3) is 5.91 Å². The van der Waals surface area contributed by atoms with E-state index in [4.69, 9.17) is 0 Å². The van der Waals surface area contributed by atoms with Crippen molar-refractivity contribution in [1.82, 2.24) is 15.2 Å². The highest BCUT2D eigenvalue weighted by Crippen LogP contribution is 2.35. The SMILES string of the molecule is Cc1ccc(C(=O)Nc2nnc(C3CCCCC3)s2)cn1. The summed E-state index contributed by atoms with van der Waals surface area (Å²) >= 11 is 1.49. The number of nitrogens with one attached hydrogen (secondary N) is 1. The van der Waals surface area contributed by atoms with Gasteiger partial charge < -0.3 is 0 Å². The first kappa shape index (κ1) is 14.1. The summed E-state index contributed by atoms with van der Waals surface area (Å²) < 4.78 is 0. The molecule has 110 valence electrons. The average molecular weight is 302 g/mol. The Morgan fingerprint density at radius 1 is 1.24 bits per heavy atom. The molecule has 3 rings (SSSR count). The van der Waals surface area contributed by atoms with Gasteiger partial charge in [-0.1, -0.05) is 30.6 Å². The summed E-state index contributed by atoms with van der Waals surface area (Å²) in [5.74, 6) is 0.330. The van der Waals surface area contributed by atoms with Crippen molar-refractivity contribution in [3.63, 3.8) is 0 Å². The van der Waals surface area contributed by atoms with E-state index in [0.29, 0.717) is 16.6 Å². The molecule has 1 fully saturated rings. The molecule has 1 aliphatic rings. The lowest BCUT2D eigenvalue weighted by atomic mass is 9.90. The summed E-state index contributed by atoms with van der Waals surface area (Å²) in [6.07, 6.45) is 7.80. The number of hydrogen-bond acceptors (Lipinski definition) is 5. The van der Waals surface area contributed by atoms with E-state index in [1.165, 1.54) is 43.4 Å². The quantitative estimate of drug-likeness (QED) is 0.941. The third-order valence-electron chi connectivity index (χ3n) is 3.79. The zero-order valence-electron chi connectivity index (χ0n) is 12.0. The molecule has 2 aromatic heterocycles. The summed E-state index contributed by atoms with van der Waals surface area (Å²) in [5.41, 5.74) is 1.43. The van der Waals surface area contributed by atoms with Gasteiger partial charge in [0.1, 0.15) is 5.01 Å². The third kappa shape index (κ3) is 3.44. The van der Waals surface area contributed by atoms with Crippen LogP contribution in [0.3, 0.4) is 0 Å². The highest BCUT2D eigenvalue weighted by Gasteiger charge is 2.20. The van der Waals surface area contributed by atoms with Gasteiger partial charge in [0.05, 0.1) is 5.56 Å². The average Bonchev–Trinajstić information content (AvgIpc) is 2.97. The maximum Gasteiger partial charge on any atom is 0.259 e. The van der Waals surface area contributed by atoms with Gasteiger partial charge in [0.2, 0.25) is 5.13 Å². The van der Waals surface area contributed by atoms with E-state index in [-0.39, 0.29) is 5.91 Å². The minimum Gasteiger partial charge on any atom is -0.296 e. The Labute approximate surface area is 127 Å². The van der Waals surface area contributed by atoms with Gasteiger partial charge in [0, 0.05) is 17.8 Å². The molecular weight excluding hydrogens is 284 g/mol. The molecular formula is C15H18N4OS. The van der Waals surface area contributed by atoms with Gasteiger partial charge in [-0.3, -0.25) is 15.1 Å². The number of nitrogens with zero attached hydrogens (tertiary/aromatic N) is 3. The van der Waals surface area contributed by atoms with Crippen molar-refractivity contribution in [1.29, 1.82) is 0 Å². The van der Waals surface area contributed by atoms with Crippen LogP contribution in [0.25, 0.3) is 0 Å². The Bertz CT molecular complexity index is 617. The maximum absolute atomic E-state index is 12.1. The molecule has 1 N–H and O–H groups in total. The summed E-state index contributed by atoms with van der Waals surface area (Å²) in [4.78, 5) is 16.2. The molecule has 2 aromatic rings. The van der Waals surface area contributed by atoms with Crippen LogP contribution in [-0.2, 0) is 0 Å². The van der Waals surface area contributed by atoms with E-state index in [1.807, 2.05) is 13.0 Å². The molecule has 0 radical (unpaired) electrons. The van der Waals surface area contributed by atoms with E-state index in [9.17, 15) is 4.79 Å². The molecule has 0 spiro atoms. The first-order valence-corrected chi connectivity index (χ1v) is 8.11. The van der Waals surface area contributed by atoms with Crippen LogP contribution in [0.15, 0.2) is 18.3 Å². The number of hydrogen-bond donors (Lipinski definition) is 1. The Balaban J connectivity index is 1.66. The van der Waals surface area contributed by atoms with E-state index in [0.717, 1.165) is 10.7 Å². The smallest absolute Gasteiger partial charge is 0.259 e. The Morgan fingerprint density at radius 3 is 2.76 bits per heavy atom. The lowest BCUT2D eigenvalue weighted by molar-refractivity contribution is 0.102. The Morgan fingerprint density at radius 2 is 2.05 bits per heavy atom. The number of aromatic nitrogens is 3. The number of aryl methyl sites for hydroxylation is 1. The zero-order chi connectivity index (χ0) is 14.7. The lowest BCUT2D eigenvalue weighted by Gasteiger charge is -2.18. The first-order chi connectivity index (χ1) is 10.2. The Hall–Kier alpha value is -1.82. The number of rotatable bonds is 3. The van der Waals surface area contributed by atoms with Crippen molar-refractivity contribution in [2.24, 2.45) is 0 Å². The molecule has 21 heavy (non-hydrogen) atoms. The molecule has 1 saturated carbocycles. The van der Waals surface area contributed by atoms with Gasteiger partial charge in [-0.2, -0.15) is 0 Å². The molecule has 0 bridgehead atoms. The van der Waals surface area contributed by atoms with Crippen LogP contribution < -0.4 is 5.32 Å². The molecule has 1 amide bonds. The molecule has 0 atom stereocenters. The maximum atomic E-state index is 12.1. The summed E-state index contributed by atoms with van der Waals surface area (Å²) in [6, 6.07) is 3.59. The molecule has 0 saturated heterocycles. The summed E-state index contributed by atoms with van der Waals surface area (Å²) in [5, 5.41) is 12.8. The van der Waals surface area contributed by atoms with Crippen LogP contribution in [0.4, 0.5) is 5.13 Å². The van der Waals surface area contributed by atoms with Crippen LogP contribution >= 0.6 is 11.3 Å². The Kier molecular flexibility index (Phi) is 4.24. The number of carbonyl (C=O) groups excluding carboxylic acids is 1. The second kappa shape index (κ2) is 6.30. The van der Waals surface area contributed by atoms with Gasteiger partial charge in [-0.25, -0.2) is 0 Å². The highest BCUT2D eigenvalue weighted by atomic mass is 32.1. The molecule has 5 nitrogen and oxygen atoms in total. The molecule has 6 heteroatoms. The van der Waals surface area contributed by atoms with Crippen molar-refractivity contribution >= 4 is 22.4 Å². The van der Waals surface area contributed by atoms with Crippen molar-refractivity contribution in [2.45, 2.75) is 44.9 Å². The highest BCUT2D eigenvalue weighted by molar-refractivity contribution is 7.15. The minimum atomic E-state index is -0.186. The van der Waals surface area contributed by atoms with Crippen LogP contribution in [0.2, 0.25) is 0 Å². The van der Waals surface area contributed by atoms with Gasteiger partial charge >= 0.3 is 0 Å². The minimum absolute atomic E-state index is 0.186. The van der Waals surface area contributed by atoms with Crippen molar-refractivity contribution in [3.8, 4) is 0 Å². The van der Waals surface area contributed by atoms with Crippen LogP contribution in [0.1, 0.15) is 59.1 Å². The van der Waals surface area contributed by atoms with Crippen molar-refractivity contribution in [2.75, 3.05) is 5.32 Å². The monoisotopic (exact) mass is 302 g/mol. The normalized spacial score (nSPS) is 15.9. The number of amides is 1. The fraction of sp³-hybridized carbons (Fsp3) is 0.467. The summed E-state index contributed by atoms with van der Waals surface area (Å²) in [7, 11) is 0. The van der Waals surface area contributed by atoms with Crippen molar-refractivity contribution < 1.29 is 4.79 Å². The zero-order valence-corrected chi connectivity index (χ0v) is 12.8. The van der Waals surface area contributed by atoms with Crippen LogP contribution in [0, 0.1) is 6.92 Å². The second-order valence-electron chi connectivity index (χ2n) is 5.42. The van der Waals surface area contributed by atoms with Crippen molar-refractivity contribution in [3.05, 3.63) is 34.6 Å². The van der Waals surface area contributed by atoms with Crippen LogP contribution in [0.5, 0.6) is 0 Å². The molecule has 2 heterocycles. The fourth-order valence-corrected chi connectivity index (χ4v) is 3.48. The largest absolute Gasteiger partial charge is 0.296 e. The number of anilines is 1. The van der Waals surface area contributed by atoms with E-state index in [1.54, 1.807) is 12.3 Å². The molecule has 0 aliphatic heterocycles. The molecule has 0 aromatic carbocycles. The van der Waals surface area contributed by atoms with Gasteiger partial charge in [0.15, 0.2) is 0 Å². The molecule has 0 unspecified atom stereocenters. The van der Waals surface area contributed by atoms with Gasteiger partial charge in [-0.05, 0) is 31.9 Å². The van der Waals surface area contributed by atoms with Crippen LogP contribution in [-0.4, -0.2) is 21.1 Å². The van der Waals surface area contributed by atoms with Gasteiger partial charge in [-0.15, -0.1) is 10.2 Å². The fourth-order valence-electron chi connectivity index (χ4n) is 2.57. The summed E-state index contributed by atoms with van der Waals surface area (Å²) in [6.45, 7) is 1.89. The predicted octanol–water partition coefficient (Wildman–Crippen LogP) is 3.54. The van der Waals surface area contributed by atoms with E-state index >= 15 is 0 Å². The topological polar surface area (TPSA) is 67.8 Å². The lowest BCUT2D eigenvalue weighted by Crippen LogP contribution is -2.12. The molecule has 1 aliphatic carbocycles. The number of carbonyl (C=O) groups is 1. The second-order valence-corrected chi connectivity index (χ2v) is 6.43. The number of pyridine rings is 1. The van der Waals surface area contributed by atoms with E-state index < -0.39 is 0 Å².